The average molecular weight is 403 g/mol. The molecule has 1 atom stereocenters. The van der Waals surface area contributed by atoms with Crippen LogP contribution < -0.4 is 0 Å². The quantitative estimate of drug-likeness (QED) is 0.854. The number of amides is 1. The highest BCUT2D eigenvalue weighted by Gasteiger charge is 2.47. The molecule has 3 heterocycles. The van der Waals surface area contributed by atoms with Gasteiger partial charge < -0.3 is 10.0 Å². The monoisotopic (exact) mass is 403 g/mol. The van der Waals surface area contributed by atoms with Gasteiger partial charge in [-0.15, -0.1) is 0 Å². The molecule has 0 aliphatic carbocycles. The van der Waals surface area contributed by atoms with Crippen LogP contribution in [0.3, 0.4) is 0 Å². The van der Waals surface area contributed by atoms with Gasteiger partial charge in [-0.2, -0.15) is 0 Å². The van der Waals surface area contributed by atoms with E-state index in [1.54, 1.807) is 0 Å². The van der Waals surface area contributed by atoms with E-state index in [0.717, 1.165) is 30.4 Å². The number of hydrogen-bond acceptors (Lipinski definition) is 5. The van der Waals surface area contributed by atoms with Gasteiger partial charge in [-0.3, -0.25) is 14.6 Å². The molecular weight excluding hydrogens is 378 g/mol. The Morgan fingerprint density at radius 2 is 1.53 bits per heavy atom. The summed E-state index contributed by atoms with van der Waals surface area (Å²) in [5.74, 6) is -1.05. The van der Waals surface area contributed by atoms with E-state index in [1.807, 2.05) is 75.6 Å². The minimum Gasteiger partial charge on any atom is -0.503 e. The lowest BCUT2D eigenvalue weighted by Gasteiger charge is -2.52. The Balaban J connectivity index is 1.62. The average Bonchev–Trinajstić information content (AvgIpc) is 2.79. The first-order valence-electron chi connectivity index (χ1n) is 10.6. The molecule has 2 aromatic rings. The van der Waals surface area contributed by atoms with Crippen molar-refractivity contribution >= 4 is 11.7 Å². The number of Topliss-reactive ketones (excluding diaryl/α,β-unsaturated/α-hetero) is 1. The molecule has 1 N–H and O–H groups in total. The zero-order valence-corrected chi connectivity index (χ0v) is 16.8. The number of aliphatic hydroxyl groups is 1. The Hall–Kier alpha value is -3.12. The number of benzene rings is 2. The molecule has 0 saturated carbocycles. The smallest absolute Gasteiger partial charge is 0.275 e. The summed E-state index contributed by atoms with van der Waals surface area (Å²) in [6, 6.07) is 19.9. The third-order valence-corrected chi connectivity index (χ3v) is 6.37. The standard InChI is InChI=1S/C24H25N3O3/c28-20-16-27(21(17-9-3-1-4-10-17)18-11-5-2-6-12-18)26-15-19-13-7-8-14-25(19)24(30)22(26)23(20)29/h1-6,9-12,19,21,29H,7-8,13-16H2. The van der Waals surface area contributed by atoms with Crippen molar-refractivity contribution in [3.05, 3.63) is 83.2 Å². The molecule has 30 heavy (non-hydrogen) atoms. The van der Waals surface area contributed by atoms with E-state index in [-0.39, 0.29) is 30.2 Å². The first kappa shape index (κ1) is 18.9. The summed E-state index contributed by atoms with van der Waals surface area (Å²) in [4.78, 5) is 27.9. The van der Waals surface area contributed by atoms with Gasteiger partial charge in [0.05, 0.1) is 25.2 Å². The molecule has 3 aliphatic rings. The molecule has 2 saturated heterocycles. The second kappa shape index (κ2) is 7.61. The van der Waals surface area contributed by atoms with Gasteiger partial charge in [-0.05, 0) is 30.4 Å². The van der Waals surface area contributed by atoms with Crippen molar-refractivity contribution in [1.82, 2.24) is 14.9 Å². The molecular formula is C24H25N3O3. The number of rotatable bonds is 3. The predicted molar refractivity (Wildman–Crippen MR) is 112 cm³/mol. The first-order valence-corrected chi connectivity index (χ1v) is 10.6. The summed E-state index contributed by atoms with van der Waals surface area (Å²) in [6.07, 6.45) is 3.00. The van der Waals surface area contributed by atoms with Gasteiger partial charge >= 0.3 is 0 Å². The van der Waals surface area contributed by atoms with Crippen molar-refractivity contribution in [2.24, 2.45) is 0 Å². The predicted octanol–water partition coefficient (Wildman–Crippen LogP) is 3.04. The van der Waals surface area contributed by atoms with Crippen molar-refractivity contribution in [3.63, 3.8) is 0 Å². The van der Waals surface area contributed by atoms with E-state index in [2.05, 4.69) is 0 Å². The Kier molecular flexibility index (Phi) is 4.79. The second-order valence-electron chi connectivity index (χ2n) is 8.17. The molecule has 2 fully saturated rings. The van der Waals surface area contributed by atoms with Gasteiger partial charge in [-0.25, -0.2) is 5.01 Å². The number of carbonyl (C=O) groups excluding carboxylic acids is 2. The lowest BCUT2D eigenvalue weighted by atomic mass is 9.94. The van der Waals surface area contributed by atoms with Crippen LogP contribution in [0.1, 0.15) is 36.4 Å². The number of piperazine rings is 1. The van der Waals surface area contributed by atoms with Crippen LogP contribution in [0.25, 0.3) is 0 Å². The van der Waals surface area contributed by atoms with Crippen LogP contribution in [-0.4, -0.2) is 57.4 Å². The van der Waals surface area contributed by atoms with E-state index in [9.17, 15) is 14.7 Å². The molecule has 154 valence electrons. The van der Waals surface area contributed by atoms with Crippen molar-refractivity contribution in [2.45, 2.75) is 31.3 Å². The fraction of sp³-hybridized carbons (Fsp3) is 0.333. The number of hydrogen-bond donors (Lipinski definition) is 1. The minimum absolute atomic E-state index is 0.0315. The molecule has 2 aromatic carbocycles. The number of piperidine rings is 1. The largest absolute Gasteiger partial charge is 0.503 e. The minimum atomic E-state index is -0.415. The summed E-state index contributed by atoms with van der Waals surface area (Å²) in [6.45, 7) is 1.31. The summed E-state index contributed by atoms with van der Waals surface area (Å²) in [7, 11) is 0. The molecule has 6 nitrogen and oxygen atoms in total. The van der Waals surface area contributed by atoms with Crippen molar-refractivity contribution < 1.29 is 14.7 Å². The maximum Gasteiger partial charge on any atom is 0.275 e. The number of aliphatic hydroxyl groups excluding tert-OH is 1. The summed E-state index contributed by atoms with van der Waals surface area (Å²) in [5, 5.41) is 14.4. The van der Waals surface area contributed by atoms with Crippen molar-refractivity contribution in [3.8, 4) is 0 Å². The van der Waals surface area contributed by atoms with E-state index < -0.39 is 11.5 Å². The SMILES string of the molecule is O=C1CN(C(c2ccccc2)c2ccccc2)N2CC3CCCCN3C(=O)C2=C1O. The van der Waals surface area contributed by atoms with Gasteiger partial charge in [0.15, 0.2) is 11.5 Å². The van der Waals surface area contributed by atoms with Gasteiger partial charge in [0.25, 0.3) is 5.91 Å². The van der Waals surface area contributed by atoms with Crippen molar-refractivity contribution in [2.75, 3.05) is 19.6 Å². The number of hydrazine groups is 1. The van der Waals surface area contributed by atoms with Crippen LogP contribution in [0.2, 0.25) is 0 Å². The van der Waals surface area contributed by atoms with Gasteiger partial charge in [0.1, 0.15) is 0 Å². The fourth-order valence-corrected chi connectivity index (χ4v) is 4.93. The van der Waals surface area contributed by atoms with Gasteiger partial charge in [-0.1, -0.05) is 60.7 Å². The zero-order valence-electron chi connectivity index (χ0n) is 16.8. The molecule has 0 spiro atoms. The van der Waals surface area contributed by atoms with Gasteiger partial charge in [0, 0.05) is 6.54 Å². The lowest BCUT2D eigenvalue weighted by Crippen LogP contribution is -2.64. The molecule has 5 rings (SSSR count). The highest BCUT2D eigenvalue weighted by molar-refractivity contribution is 6.05. The number of fused-ring (bicyclic) bond motifs is 2. The Bertz CT molecular complexity index is 950. The lowest BCUT2D eigenvalue weighted by molar-refractivity contribution is -0.155. The first-order chi connectivity index (χ1) is 14.6. The normalized spacial score (nSPS) is 22.4. The number of nitrogens with zero attached hydrogens (tertiary/aromatic N) is 3. The molecule has 1 amide bonds. The maximum absolute atomic E-state index is 13.3. The summed E-state index contributed by atoms with van der Waals surface area (Å²) >= 11 is 0. The van der Waals surface area contributed by atoms with Crippen LogP contribution in [0, 0.1) is 0 Å². The number of carbonyl (C=O) groups is 2. The van der Waals surface area contributed by atoms with Crippen LogP contribution in [0.5, 0.6) is 0 Å². The molecule has 0 radical (unpaired) electrons. The van der Waals surface area contributed by atoms with Crippen LogP contribution in [0.15, 0.2) is 72.1 Å². The van der Waals surface area contributed by atoms with Gasteiger partial charge in [0.2, 0.25) is 5.78 Å². The topological polar surface area (TPSA) is 64.1 Å². The molecule has 6 heteroatoms. The highest BCUT2D eigenvalue weighted by Crippen LogP contribution is 2.38. The number of ketones is 1. The van der Waals surface area contributed by atoms with E-state index in [0.29, 0.717) is 13.1 Å². The summed E-state index contributed by atoms with van der Waals surface area (Å²) in [5.41, 5.74) is 2.20. The molecule has 0 bridgehead atoms. The third kappa shape index (κ3) is 3.08. The maximum atomic E-state index is 13.3. The van der Waals surface area contributed by atoms with Crippen LogP contribution in [0.4, 0.5) is 0 Å². The van der Waals surface area contributed by atoms with E-state index in [4.69, 9.17) is 0 Å². The molecule has 3 aliphatic heterocycles. The van der Waals surface area contributed by atoms with E-state index in [1.165, 1.54) is 0 Å². The Labute approximate surface area is 176 Å². The van der Waals surface area contributed by atoms with Crippen LogP contribution >= 0.6 is 0 Å². The molecule has 0 aromatic heterocycles. The zero-order chi connectivity index (χ0) is 20.7. The Morgan fingerprint density at radius 1 is 0.900 bits per heavy atom. The highest BCUT2D eigenvalue weighted by atomic mass is 16.3. The van der Waals surface area contributed by atoms with E-state index >= 15 is 0 Å². The fourth-order valence-electron chi connectivity index (χ4n) is 4.93. The van der Waals surface area contributed by atoms with Crippen molar-refractivity contribution in [1.29, 1.82) is 0 Å². The molecule has 1 unspecified atom stereocenters. The van der Waals surface area contributed by atoms with Crippen LogP contribution in [-0.2, 0) is 9.59 Å². The Morgan fingerprint density at radius 3 is 2.17 bits per heavy atom. The third-order valence-electron chi connectivity index (χ3n) is 6.37. The summed E-state index contributed by atoms with van der Waals surface area (Å²) < 4.78 is 0. The second-order valence-corrected chi connectivity index (χ2v) is 8.17.